The van der Waals surface area contributed by atoms with Crippen LogP contribution in [0.2, 0.25) is 0 Å². The van der Waals surface area contributed by atoms with Crippen molar-refractivity contribution in [2.75, 3.05) is 18.0 Å². The highest BCUT2D eigenvalue weighted by Gasteiger charge is 2.30. The van der Waals surface area contributed by atoms with Gasteiger partial charge in [0.15, 0.2) is 0 Å². The van der Waals surface area contributed by atoms with Crippen molar-refractivity contribution in [1.29, 1.82) is 0 Å². The molecule has 4 aromatic rings. The lowest BCUT2D eigenvalue weighted by Gasteiger charge is -2.34. The van der Waals surface area contributed by atoms with Crippen LogP contribution < -0.4 is 14.4 Å². The number of nitrogens with zero attached hydrogens (tertiary/aromatic N) is 3. The molecule has 218 valence electrons. The average molecular weight is 566 g/mol. The highest BCUT2D eigenvalue weighted by atomic mass is 16.6. The molecule has 0 radical (unpaired) electrons. The van der Waals surface area contributed by atoms with E-state index < -0.39 is 5.60 Å². The van der Waals surface area contributed by atoms with Crippen molar-refractivity contribution >= 4 is 11.8 Å². The van der Waals surface area contributed by atoms with Gasteiger partial charge in [0.1, 0.15) is 24.6 Å². The smallest absolute Gasteiger partial charge is 0.309 e. The van der Waals surface area contributed by atoms with Crippen LogP contribution in [0.15, 0.2) is 85.1 Å². The summed E-state index contributed by atoms with van der Waals surface area (Å²) in [7, 11) is 0. The fourth-order valence-electron chi connectivity index (χ4n) is 5.05. The Morgan fingerprint density at radius 2 is 1.50 bits per heavy atom. The first-order valence-electron chi connectivity index (χ1n) is 14.5. The number of aryl methyl sites for hydroxylation is 1. The monoisotopic (exact) mass is 565 g/mol. The number of benzene rings is 2. The van der Waals surface area contributed by atoms with Crippen molar-refractivity contribution in [2.45, 2.75) is 59.4 Å². The van der Waals surface area contributed by atoms with Gasteiger partial charge in [0.25, 0.3) is 0 Å². The van der Waals surface area contributed by atoms with Crippen molar-refractivity contribution in [2.24, 2.45) is 5.92 Å². The highest BCUT2D eigenvalue weighted by molar-refractivity contribution is 5.74. The zero-order valence-electron chi connectivity index (χ0n) is 24.9. The number of esters is 1. The van der Waals surface area contributed by atoms with Gasteiger partial charge in [0.05, 0.1) is 5.92 Å². The molecule has 1 aliphatic heterocycles. The molecule has 42 heavy (non-hydrogen) atoms. The van der Waals surface area contributed by atoms with Crippen LogP contribution in [0.25, 0.3) is 11.1 Å². The molecule has 7 nitrogen and oxygen atoms in total. The van der Waals surface area contributed by atoms with E-state index in [1.54, 1.807) is 0 Å². The number of hydrogen-bond donors (Lipinski definition) is 0. The Hall–Kier alpha value is -4.39. The lowest BCUT2D eigenvalue weighted by molar-refractivity contribution is -0.160. The molecule has 7 heteroatoms. The van der Waals surface area contributed by atoms with Gasteiger partial charge in [0, 0.05) is 36.5 Å². The number of ether oxygens (including phenoxy) is 3. The molecule has 0 bridgehead atoms. The summed E-state index contributed by atoms with van der Waals surface area (Å²) in [5.41, 5.74) is 4.49. The van der Waals surface area contributed by atoms with Crippen LogP contribution in [-0.2, 0) is 22.7 Å². The van der Waals surface area contributed by atoms with Gasteiger partial charge >= 0.3 is 5.97 Å². The number of pyridine rings is 2. The summed E-state index contributed by atoms with van der Waals surface area (Å²) in [6.45, 7) is 10.1. The molecule has 1 saturated heterocycles. The third kappa shape index (κ3) is 7.66. The van der Waals surface area contributed by atoms with Crippen molar-refractivity contribution in [3.63, 3.8) is 0 Å². The van der Waals surface area contributed by atoms with E-state index in [1.165, 1.54) is 0 Å². The maximum atomic E-state index is 12.6. The first-order valence-corrected chi connectivity index (χ1v) is 14.5. The van der Waals surface area contributed by atoms with Crippen molar-refractivity contribution in [1.82, 2.24) is 9.97 Å². The maximum Gasteiger partial charge on any atom is 0.309 e. The number of piperidine rings is 1. The van der Waals surface area contributed by atoms with E-state index in [2.05, 4.69) is 17.9 Å². The van der Waals surface area contributed by atoms with E-state index in [0.717, 1.165) is 59.6 Å². The van der Waals surface area contributed by atoms with E-state index >= 15 is 0 Å². The molecule has 0 aliphatic carbocycles. The van der Waals surface area contributed by atoms with Crippen LogP contribution in [0.5, 0.6) is 11.8 Å². The van der Waals surface area contributed by atoms with Gasteiger partial charge < -0.3 is 19.1 Å². The molecule has 0 spiro atoms. The van der Waals surface area contributed by atoms with Gasteiger partial charge in [-0.1, -0.05) is 60.7 Å². The summed E-state index contributed by atoms with van der Waals surface area (Å²) in [5, 5.41) is 0. The summed E-state index contributed by atoms with van der Waals surface area (Å²) in [4.78, 5) is 24.4. The Morgan fingerprint density at radius 1 is 0.881 bits per heavy atom. The third-order valence-electron chi connectivity index (χ3n) is 7.18. The van der Waals surface area contributed by atoms with Crippen LogP contribution in [0, 0.1) is 12.8 Å². The zero-order valence-corrected chi connectivity index (χ0v) is 24.9. The summed E-state index contributed by atoms with van der Waals surface area (Å²) in [5.74, 6) is 1.76. The minimum Gasteiger partial charge on any atom is -0.473 e. The maximum absolute atomic E-state index is 12.6. The molecule has 0 saturated carbocycles. The van der Waals surface area contributed by atoms with Gasteiger partial charge in [-0.25, -0.2) is 4.98 Å². The Bertz CT molecular complexity index is 1480. The van der Waals surface area contributed by atoms with Crippen LogP contribution in [0.4, 0.5) is 5.82 Å². The van der Waals surface area contributed by atoms with Crippen molar-refractivity contribution < 1.29 is 19.0 Å². The van der Waals surface area contributed by atoms with E-state index in [-0.39, 0.29) is 11.9 Å². The molecule has 3 heterocycles. The van der Waals surface area contributed by atoms with E-state index in [4.69, 9.17) is 24.2 Å². The Kier molecular flexibility index (Phi) is 9.06. The number of carbonyl (C=O) groups is 1. The molecule has 0 amide bonds. The second-order valence-electron chi connectivity index (χ2n) is 11.7. The quantitative estimate of drug-likeness (QED) is 0.199. The first-order chi connectivity index (χ1) is 20.2. The minimum absolute atomic E-state index is 0.0712. The lowest BCUT2D eigenvalue weighted by Crippen LogP contribution is -2.39. The Labute approximate surface area is 248 Å². The molecule has 0 unspecified atom stereocenters. The summed E-state index contributed by atoms with van der Waals surface area (Å²) in [6.07, 6.45) is 3.38. The van der Waals surface area contributed by atoms with Gasteiger partial charge in [0.2, 0.25) is 11.8 Å². The van der Waals surface area contributed by atoms with Crippen molar-refractivity contribution in [3.8, 4) is 22.9 Å². The summed E-state index contributed by atoms with van der Waals surface area (Å²) < 4.78 is 17.9. The topological polar surface area (TPSA) is 73.8 Å². The van der Waals surface area contributed by atoms with E-state index in [9.17, 15) is 4.79 Å². The van der Waals surface area contributed by atoms with Gasteiger partial charge in [-0.05, 0) is 69.4 Å². The largest absolute Gasteiger partial charge is 0.473 e. The minimum atomic E-state index is -0.465. The van der Waals surface area contributed by atoms with E-state index in [1.807, 2.05) is 99.8 Å². The number of carbonyl (C=O) groups excluding carboxylic acids is 1. The molecule has 0 N–H and O–H groups in total. The summed E-state index contributed by atoms with van der Waals surface area (Å²) in [6, 6.07) is 26.0. The highest BCUT2D eigenvalue weighted by Crippen LogP contribution is 2.34. The van der Waals surface area contributed by atoms with Gasteiger partial charge in [-0.15, -0.1) is 0 Å². The SMILES string of the molecule is Cc1cc(-c2ccc(OCc3ccccc3)nc2OCc2ccccc2)cnc1N1CCC(C(=O)OC(C)(C)C)CC1. The fraction of sp³-hybridized carbons (Fsp3) is 0.343. The fourth-order valence-corrected chi connectivity index (χ4v) is 5.05. The molecule has 2 aromatic carbocycles. The van der Waals surface area contributed by atoms with Gasteiger partial charge in [-0.2, -0.15) is 4.98 Å². The molecule has 5 rings (SSSR count). The molecule has 2 aromatic heterocycles. The van der Waals surface area contributed by atoms with Crippen LogP contribution in [0.1, 0.15) is 50.3 Å². The molecule has 1 aliphatic rings. The molecular weight excluding hydrogens is 526 g/mol. The molecule has 1 fully saturated rings. The molecule has 0 atom stereocenters. The summed E-state index contributed by atoms with van der Waals surface area (Å²) >= 11 is 0. The Balaban J connectivity index is 1.32. The second-order valence-corrected chi connectivity index (χ2v) is 11.7. The first kappa shape index (κ1) is 29.1. The van der Waals surface area contributed by atoms with Crippen LogP contribution >= 0.6 is 0 Å². The number of hydrogen-bond acceptors (Lipinski definition) is 7. The zero-order chi connectivity index (χ0) is 29.5. The number of anilines is 1. The third-order valence-corrected chi connectivity index (χ3v) is 7.18. The van der Waals surface area contributed by atoms with Crippen molar-refractivity contribution in [3.05, 3.63) is 102 Å². The van der Waals surface area contributed by atoms with E-state index in [0.29, 0.717) is 25.0 Å². The predicted octanol–water partition coefficient (Wildman–Crippen LogP) is 7.17. The van der Waals surface area contributed by atoms with Crippen LogP contribution in [-0.4, -0.2) is 34.6 Å². The number of rotatable bonds is 9. The average Bonchev–Trinajstić information content (AvgIpc) is 2.99. The molecular formula is C35H39N3O4. The predicted molar refractivity (Wildman–Crippen MR) is 165 cm³/mol. The van der Waals surface area contributed by atoms with Crippen LogP contribution in [0.3, 0.4) is 0 Å². The Morgan fingerprint density at radius 3 is 2.10 bits per heavy atom. The standard InChI is InChI=1S/C35H39N3O4/c1-25-21-29(22-36-32(25)38-19-17-28(18-20-38)34(39)42-35(2,3)4)30-15-16-31(40-23-26-11-7-5-8-12-26)37-33(30)41-24-27-13-9-6-10-14-27/h5-16,21-22,28H,17-20,23-24H2,1-4H3. The normalized spacial score (nSPS) is 14.0. The lowest BCUT2D eigenvalue weighted by atomic mass is 9.96. The number of aromatic nitrogens is 2. The second kappa shape index (κ2) is 13.1. The van der Waals surface area contributed by atoms with Gasteiger partial charge in [-0.3, -0.25) is 4.79 Å².